The maximum Gasteiger partial charge on any atom is 0.294 e. The predicted molar refractivity (Wildman–Crippen MR) is 42.3 cm³/mol. The molecule has 0 unspecified atom stereocenters. The highest BCUT2D eigenvalue weighted by atomic mass is 35.5. The standard InChI is InChI=1S/C5H7ClN4O/c1-10-2-3(6)8-4(9-7)5(10)11/h2H,7H2,1H3,(H,8,9). The SMILES string of the molecule is Cn1cc(Cl)nc(NN)c1=O. The van der Waals surface area contributed by atoms with Crippen molar-refractivity contribution in [3.63, 3.8) is 0 Å². The van der Waals surface area contributed by atoms with Crippen molar-refractivity contribution in [3.8, 4) is 0 Å². The van der Waals surface area contributed by atoms with E-state index in [1.165, 1.54) is 10.8 Å². The van der Waals surface area contributed by atoms with Crippen LogP contribution in [0.3, 0.4) is 0 Å². The number of hydrogen-bond acceptors (Lipinski definition) is 4. The molecule has 1 aromatic rings. The van der Waals surface area contributed by atoms with E-state index < -0.39 is 0 Å². The van der Waals surface area contributed by atoms with Crippen LogP contribution in [-0.4, -0.2) is 9.55 Å². The number of rotatable bonds is 1. The van der Waals surface area contributed by atoms with Gasteiger partial charge in [-0.2, -0.15) is 0 Å². The van der Waals surface area contributed by atoms with E-state index in [0.29, 0.717) is 0 Å². The van der Waals surface area contributed by atoms with Crippen molar-refractivity contribution in [2.75, 3.05) is 5.43 Å². The molecule has 1 heterocycles. The Balaban J connectivity index is 3.37. The second-order valence-electron chi connectivity index (χ2n) is 1.97. The van der Waals surface area contributed by atoms with Crippen LogP contribution in [0.4, 0.5) is 5.82 Å². The van der Waals surface area contributed by atoms with E-state index in [0.717, 1.165) is 0 Å². The summed E-state index contributed by atoms with van der Waals surface area (Å²) in [5.41, 5.74) is 1.84. The summed E-state index contributed by atoms with van der Waals surface area (Å²) < 4.78 is 1.30. The van der Waals surface area contributed by atoms with Crippen molar-refractivity contribution in [3.05, 3.63) is 21.7 Å². The van der Waals surface area contributed by atoms with Gasteiger partial charge in [-0.15, -0.1) is 0 Å². The van der Waals surface area contributed by atoms with Gasteiger partial charge in [0.25, 0.3) is 5.56 Å². The third-order valence-electron chi connectivity index (χ3n) is 1.18. The Kier molecular flexibility index (Phi) is 2.11. The topological polar surface area (TPSA) is 72.9 Å². The Morgan fingerprint density at radius 1 is 1.82 bits per heavy atom. The Hall–Kier alpha value is -1.07. The second kappa shape index (κ2) is 2.89. The highest BCUT2D eigenvalue weighted by Gasteiger charge is 2.01. The fourth-order valence-electron chi connectivity index (χ4n) is 0.663. The lowest BCUT2D eigenvalue weighted by atomic mass is 10.6. The molecular formula is C5H7ClN4O. The first-order chi connectivity index (χ1) is 5.15. The van der Waals surface area contributed by atoms with Gasteiger partial charge in [0, 0.05) is 13.2 Å². The summed E-state index contributed by atoms with van der Waals surface area (Å²) in [7, 11) is 1.57. The molecule has 0 amide bonds. The molecule has 0 aliphatic rings. The highest BCUT2D eigenvalue weighted by Crippen LogP contribution is 2.02. The van der Waals surface area contributed by atoms with E-state index >= 15 is 0 Å². The normalized spacial score (nSPS) is 9.73. The lowest BCUT2D eigenvalue weighted by Gasteiger charge is -2.01. The average molecular weight is 175 g/mol. The molecule has 6 heteroatoms. The Labute approximate surface area is 67.8 Å². The quantitative estimate of drug-likeness (QED) is 0.454. The van der Waals surface area contributed by atoms with Gasteiger partial charge < -0.3 is 9.99 Å². The summed E-state index contributed by atoms with van der Waals surface area (Å²) in [4.78, 5) is 14.7. The van der Waals surface area contributed by atoms with Crippen LogP contribution in [0.1, 0.15) is 0 Å². The molecule has 5 nitrogen and oxygen atoms in total. The number of aromatic nitrogens is 2. The van der Waals surface area contributed by atoms with Crippen LogP contribution in [0.25, 0.3) is 0 Å². The molecule has 0 atom stereocenters. The number of hydrogen-bond donors (Lipinski definition) is 2. The van der Waals surface area contributed by atoms with Gasteiger partial charge in [-0.1, -0.05) is 11.6 Å². The van der Waals surface area contributed by atoms with Crippen LogP contribution in [-0.2, 0) is 7.05 Å². The number of halogens is 1. The Bertz CT molecular complexity index is 321. The molecular weight excluding hydrogens is 168 g/mol. The molecule has 0 aliphatic carbocycles. The Morgan fingerprint density at radius 2 is 2.45 bits per heavy atom. The van der Waals surface area contributed by atoms with Gasteiger partial charge >= 0.3 is 0 Å². The summed E-state index contributed by atoms with van der Waals surface area (Å²) in [6.45, 7) is 0. The van der Waals surface area contributed by atoms with E-state index in [-0.39, 0.29) is 16.5 Å². The van der Waals surface area contributed by atoms with Crippen molar-refractivity contribution in [1.29, 1.82) is 0 Å². The number of nitrogens with zero attached hydrogens (tertiary/aromatic N) is 2. The summed E-state index contributed by atoms with van der Waals surface area (Å²) in [5.74, 6) is 5.05. The van der Waals surface area contributed by atoms with E-state index in [1.807, 2.05) is 0 Å². The van der Waals surface area contributed by atoms with Gasteiger partial charge in [-0.3, -0.25) is 4.79 Å². The van der Waals surface area contributed by atoms with E-state index in [1.54, 1.807) is 7.05 Å². The zero-order chi connectivity index (χ0) is 8.43. The van der Waals surface area contributed by atoms with Gasteiger partial charge in [0.2, 0.25) is 5.82 Å². The van der Waals surface area contributed by atoms with Gasteiger partial charge in [-0.05, 0) is 0 Å². The van der Waals surface area contributed by atoms with Crippen molar-refractivity contribution in [2.24, 2.45) is 12.9 Å². The van der Waals surface area contributed by atoms with E-state index in [2.05, 4.69) is 10.4 Å². The van der Waals surface area contributed by atoms with E-state index in [9.17, 15) is 4.79 Å². The number of nitrogen functional groups attached to an aromatic ring is 1. The number of aryl methyl sites for hydroxylation is 1. The molecule has 60 valence electrons. The first-order valence-corrected chi connectivity index (χ1v) is 3.22. The largest absolute Gasteiger partial charge is 0.312 e. The zero-order valence-electron chi connectivity index (χ0n) is 5.84. The van der Waals surface area contributed by atoms with Crippen LogP contribution in [0.5, 0.6) is 0 Å². The minimum Gasteiger partial charge on any atom is -0.312 e. The smallest absolute Gasteiger partial charge is 0.294 e. The second-order valence-corrected chi connectivity index (χ2v) is 2.36. The molecule has 0 radical (unpaired) electrons. The minimum absolute atomic E-state index is 0.0417. The molecule has 1 rings (SSSR count). The molecule has 0 fully saturated rings. The summed E-state index contributed by atoms with van der Waals surface area (Å²) in [6.07, 6.45) is 1.41. The summed E-state index contributed by atoms with van der Waals surface area (Å²) in [6, 6.07) is 0. The molecule has 1 aromatic heterocycles. The minimum atomic E-state index is -0.308. The third-order valence-corrected chi connectivity index (χ3v) is 1.36. The van der Waals surface area contributed by atoms with Crippen molar-refractivity contribution in [1.82, 2.24) is 9.55 Å². The summed E-state index contributed by atoms with van der Waals surface area (Å²) >= 11 is 5.53. The molecule has 0 aliphatic heterocycles. The van der Waals surface area contributed by atoms with Gasteiger partial charge in [-0.25, -0.2) is 10.8 Å². The van der Waals surface area contributed by atoms with Crippen LogP contribution in [0, 0.1) is 0 Å². The third kappa shape index (κ3) is 1.50. The fourth-order valence-corrected chi connectivity index (χ4v) is 0.894. The molecule has 0 saturated heterocycles. The van der Waals surface area contributed by atoms with Crippen LogP contribution in [0.2, 0.25) is 5.15 Å². The lowest BCUT2D eigenvalue weighted by Crippen LogP contribution is -2.25. The Morgan fingerprint density at radius 3 is 3.00 bits per heavy atom. The number of hydrazine groups is 1. The first-order valence-electron chi connectivity index (χ1n) is 2.85. The maximum atomic E-state index is 11.1. The molecule has 0 aromatic carbocycles. The molecule has 0 saturated carbocycles. The lowest BCUT2D eigenvalue weighted by molar-refractivity contribution is 0.842. The van der Waals surface area contributed by atoms with Gasteiger partial charge in [0.15, 0.2) is 0 Å². The van der Waals surface area contributed by atoms with Crippen molar-refractivity contribution in [2.45, 2.75) is 0 Å². The average Bonchev–Trinajstić information content (AvgIpc) is 1.96. The van der Waals surface area contributed by atoms with Crippen molar-refractivity contribution >= 4 is 17.4 Å². The number of anilines is 1. The zero-order valence-corrected chi connectivity index (χ0v) is 6.59. The van der Waals surface area contributed by atoms with Crippen LogP contribution in [0.15, 0.2) is 11.0 Å². The fraction of sp³-hybridized carbons (Fsp3) is 0.200. The van der Waals surface area contributed by atoms with E-state index in [4.69, 9.17) is 17.4 Å². The summed E-state index contributed by atoms with van der Waals surface area (Å²) in [5, 5.41) is 0.222. The monoisotopic (exact) mass is 174 g/mol. The predicted octanol–water partition coefficient (Wildman–Crippen LogP) is -0.281. The van der Waals surface area contributed by atoms with Crippen molar-refractivity contribution < 1.29 is 0 Å². The molecule has 0 bridgehead atoms. The van der Waals surface area contributed by atoms with Gasteiger partial charge in [0.05, 0.1) is 0 Å². The number of nitrogens with one attached hydrogen (secondary N) is 1. The van der Waals surface area contributed by atoms with Crippen LogP contribution >= 0.6 is 11.6 Å². The first kappa shape index (κ1) is 8.03. The highest BCUT2D eigenvalue weighted by molar-refractivity contribution is 6.29. The van der Waals surface area contributed by atoms with Crippen LogP contribution < -0.4 is 16.8 Å². The maximum absolute atomic E-state index is 11.1. The molecule has 11 heavy (non-hydrogen) atoms. The number of nitrogens with two attached hydrogens (primary N) is 1. The molecule has 0 spiro atoms. The molecule has 3 N–H and O–H groups in total. The van der Waals surface area contributed by atoms with Gasteiger partial charge in [0.1, 0.15) is 5.15 Å².